The molecular formula is C21H23NO5. The van der Waals surface area contributed by atoms with Crippen molar-refractivity contribution in [1.29, 1.82) is 0 Å². The normalized spacial score (nSPS) is 15.3. The van der Waals surface area contributed by atoms with E-state index in [1.807, 2.05) is 56.3 Å². The summed E-state index contributed by atoms with van der Waals surface area (Å²) >= 11 is 0. The van der Waals surface area contributed by atoms with E-state index in [9.17, 15) is 14.7 Å². The molecule has 0 bridgehead atoms. The van der Waals surface area contributed by atoms with Crippen LogP contribution in [-0.2, 0) is 22.4 Å². The number of carboxylic acid groups (broad SMARTS) is 1. The van der Waals surface area contributed by atoms with Gasteiger partial charge in [-0.05, 0) is 25.5 Å². The van der Waals surface area contributed by atoms with Crippen molar-refractivity contribution in [2.24, 2.45) is 0 Å². The summed E-state index contributed by atoms with van der Waals surface area (Å²) in [7, 11) is 0. The van der Waals surface area contributed by atoms with E-state index >= 15 is 0 Å². The standard InChI is InChI=1S/C21H23NO5/c1-21(2)12-15-9-6-10-17(19(15)27-21)26-13-18(23)22-16(20(24)25)11-14-7-4-3-5-8-14/h3-10,16H,11-13H2,1-2H3,(H,22,23)(H,24,25)/t16-/m0/s1. The molecule has 6 heteroatoms. The van der Waals surface area contributed by atoms with Crippen molar-refractivity contribution in [1.82, 2.24) is 5.32 Å². The Morgan fingerprint density at radius 2 is 1.93 bits per heavy atom. The fourth-order valence-electron chi connectivity index (χ4n) is 3.13. The third kappa shape index (κ3) is 4.78. The summed E-state index contributed by atoms with van der Waals surface area (Å²) in [6.07, 6.45) is 0.976. The van der Waals surface area contributed by atoms with Gasteiger partial charge in [-0.2, -0.15) is 0 Å². The zero-order chi connectivity index (χ0) is 19.4. The van der Waals surface area contributed by atoms with Gasteiger partial charge in [0.2, 0.25) is 0 Å². The van der Waals surface area contributed by atoms with E-state index in [0.29, 0.717) is 11.5 Å². The molecule has 0 aliphatic carbocycles. The van der Waals surface area contributed by atoms with Gasteiger partial charge in [-0.1, -0.05) is 42.5 Å². The molecule has 1 heterocycles. The van der Waals surface area contributed by atoms with Gasteiger partial charge < -0.3 is 19.9 Å². The van der Waals surface area contributed by atoms with Crippen LogP contribution in [0.4, 0.5) is 0 Å². The number of benzene rings is 2. The first-order valence-corrected chi connectivity index (χ1v) is 8.84. The molecule has 0 saturated heterocycles. The molecule has 0 fully saturated rings. The van der Waals surface area contributed by atoms with Crippen molar-refractivity contribution >= 4 is 11.9 Å². The fraction of sp³-hybridized carbons (Fsp3) is 0.333. The highest BCUT2D eigenvalue weighted by atomic mass is 16.5. The Kier molecular flexibility index (Phi) is 5.35. The summed E-state index contributed by atoms with van der Waals surface area (Å²) in [5, 5.41) is 11.9. The topological polar surface area (TPSA) is 84.9 Å². The largest absolute Gasteiger partial charge is 0.483 e. The minimum Gasteiger partial charge on any atom is -0.483 e. The van der Waals surface area contributed by atoms with Gasteiger partial charge in [0.25, 0.3) is 5.91 Å². The van der Waals surface area contributed by atoms with Crippen LogP contribution < -0.4 is 14.8 Å². The SMILES string of the molecule is CC1(C)Cc2cccc(OCC(=O)N[C@@H](Cc3ccccc3)C(=O)O)c2O1. The van der Waals surface area contributed by atoms with E-state index < -0.39 is 17.9 Å². The molecule has 1 aliphatic heterocycles. The van der Waals surface area contributed by atoms with Crippen LogP contribution >= 0.6 is 0 Å². The zero-order valence-electron chi connectivity index (χ0n) is 15.4. The number of aliphatic carboxylic acids is 1. The maximum absolute atomic E-state index is 12.2. The highest BCUT2D eigenvalue weighted by Gasteiger charge is 2.32. The van der Waals surface area contributed by atoms with Gasteiger partial charge in [0.05, 0.1) is 0 Å². The number of amides is 1. The Hall–Kier alpha value is -3.02. The second-order valence-corrected chi connectivity index (χ2v) is 7.22. The fourth-order valence-corrected chi connectivity index (χ4v) is 3.13. The van der Waals surface area contributed by atoms with Gasteiger partial charge in [-0.3, -0.25) is 4.79 Å². The summed E-state index contributed by atoms with van der Waals surface area (Å²) in [5.74, 6) is -0.441. The molecule has 2 aromatic carbocycles. The molecular weight excluding hydrogens is 346 g/mol. The van der Waals surface area contributed by atoms with Crippen molar-refractivity contribution < 1.29 is 24.2 Å². The van der Waals surface area contributed by atoms with E-state index in [0.717, 1.165) is 17.5 Å². The van der Waals surface area contributed by atoms with E-state index in [1.165, 1.54) is 0 Å². The predicted octanol–water partition coefficient (Wildman–Crippen LogP) is 2.59. The molecule has 27 heavy (non-hydrogen) atoms. The zero-order valence-corrected chi connectivity index (χ0v) is 15.4. The third-order valence-electron chi connectivity index (χ3n) is 4.33. The number of rotatable bonds is 7. The Balaban J connectivity index is 1.60. The lowest BCUT2D eigenvalue weighted by atomic mass is 10.0. The highest BCUT2D eigenvalue weighted by Crippen LogP contribution is 2.41. The Labute approximate surface area is 158 Å². The van der Waals surface area contributed by atoms with Gasteiger partial charge in [-0.25, -0.2) is 4.79 Å². The third-order valence-corrected chi connectivity index (χ3v) is 4.33. The number of para-hydroxylation sites is 1. The number of carbonyl (C=O) groups excluding carboxylic acids is 1. The van der Waals surface area contributed by atoms with Crippen LogP contribution in [-0.4, -0.2) is 35.2 Å². The Morgan fingerprint density at radius 1 is 1.19 bits per heavy atom. The maximum atomic E-state index is 12.2. The molecule has 3 rings (SSSR count). The summed E-state index contributed by atoms with van der Waals surface area (Å²) in [5.41, 5.74) is 1.56. The molecule has 6 nitrogen and oxygen atoms in total. The molecule has 1 atom stereocenters. The molecule has 1 aliphatic rings. The first-order chi connectivity index (χ1) is 12.8. The Morgan fingerprint density at radius 3 is 2.63 bits per heavy atom. The minimum atomic E-state index is -1.09. The molecule has 0 radical (unpaired) electrons. The molecule has 0 aromatic heterocycles. The summed E-state index contributed by atoms with van der Waals surface area (Å²) in [6, 6.07) is 13.7. The molecule has 0 unspecified atom stereocenters. The lowest BCUT2D eigenvalue weighted by Gasteiger charge is -2.18. The molecule has 0 spiro atoms. The first kappa shape index (κ1) is 18.8. The van der Waals surface area contributed by atoms with Crippen molar-refractivity contribution in [3.63, 3.8) is 0 Å². The van der Waals surface area contributed by atoms with E-state index in [-0.39, 0.29) is 18.6 Å². The number of hydrogen-bond donors (Lipinski definition) is 2. The number of carboxylic acids is 1. The molecule has 2 N–H and O–H groups in total. The number of fused-ring (bicyclic) bond motifs is 1. The monoisotopic (exact) mass is 369 g/mol. The van der Waals surface area contributed by atoms with Crippen LogP contribution in [0.3, 0.4) is 0 Å². The van der Waals surface area contributed by atoms with Gasteiger partial charge >= 0.3 is 5.97 Å². The van der Waals surface area contributed by atoms with E-state index in [2.05, 4.69) is 5.32 Å². The van der Waals surface area contributed by atoms with Crippen LogP contribution in [0.1, 0.15) is 25.0 Å². The number of carbonyl (C=O) groups is 2. The molecule has 0 saturated carbocycles. The van der Waals surface area contributed by atoms with Crippen molar-refractivity contribution in [2.75, 3.05) is 6.61 Å². The summed E-state index contributed by atoms with van der Waals surface area (Å²) in [4.78, 5) is 23.7. The summed E-state index contributed by atoms with van der Waals surface area (Å²) < 4.78 is 11.5. The average Bonchev–Trinajstić information content (AvgIpc) is 2.94. The lowest BCUT2D eigenvalue weighted by Crippen LogP contribution is -2.44. The van der Waals surface area contributed by atoms with Crippen molar-refractivity contribution in [2.45, 2.75) is 38.3 Å². The van der Waals surface area contributed by atoms with Crippen molar-refractivity contribution in [3.05, 3.63) is 59.7 Å². The molecule has 2 aromatic rings. The predicted molar refractivity (Wildman–Crippen MR) is 100 cm³/mol. The number of ether oxygens (including phenoxy) is 2. The van der Waals surface area contributed by atoms with Crippen molar-refractivity contribution in [3.8, 4) is 11.5 Å². The van der Waals surface area contributed by atoms with Crippen LogP contribution in [0, 0.1) is 0 Å². The maximum Gasteiger partial charge on any atom is 0.326 e. The minimum absolute atomic E-state index is 0.208. The number of hydrogen-bond acceptors (Lipinski definition) is 4. The van der Waals surface area contributed by atoms with Gasteiger partial charge in [-0.15, -0.1) is 0 Å². The Bertz CT molecular complexity index is 832. The van der Waals surface area contributed by atoms with Crippen LogP contribution in [0.5, 0.6) is 11.5 Å². The van der Waals surface area contributed by atoms with Crippen LogP contribution in [0.25, 0.3) is 0 Å². The van der Waals surface area contributed by atoms with E-state index in [4.69, 9.17) is 9.47 Å². The lowest BCUT2D eigenvalue weighted by molar-refractivity contribution is -0.142. The smallest absolute Gasteiger partial charge is 0.326 e. The molecule has 142 valence electrons. The summed E-state index contributed by atoms with van der Waals surface area (Å²) in [6.45, 7) is 3.70. The second kappa shape index (κ2) is 7.70. The highest BCUT2D eigenvalue weighted by molar-refractivity contribution is 5.84. The van der Waals surface area contributed by atoms with Gasteiger partial charge in [0.15, 0.2) is 18.1 Å². The van der Waals surface area contributed by atoms with E-state index in [1.54, 1.807) is 6.07 Å². The molecule has 1 amide bonds. The quantitative estimate of drug-likeness (QED) is 0.784. The second-order valence-electron chi connectivity index (χ2n) is 7.22. The number of nitrogens with one attached hydrogen (secondary N) is 1. The first-order valence-electron chi connectivity index (χ1n) is 8.84. The van der Waals surface area contributed by atoms with Crippen LogP contribution in [0.15, 0.2) is 48.5 Å². The van der Waals surface area contributed by atoms with Gasteiger partial charge in [0.1, 0.15) is 11.6 Å². The van der Waals surface area contributed by atoms with Crippen LogP contribution in [0.2, 0.25) is 0 Å². The van der Waals surface area contributed by atoms with Gasteiger partial charge in [0, 0.05) is 18.4 Å². The average molecular weight is 369 g/mol.